The van der Waals surface area contributed by atoms with E-state index in [4.69, 9.17) is 16.3 Å². The highest BCUT2D eigenvalue weighted by Gasteiger charge is 2.42. The van der Waals surface area contributed by atoms with Crippen molar-refractivity contribution in [1.29, 1.82) is 0 Å². The monoisotopic (exact) mass is 412 g/mol. The predicted molar refractivity (Wildman–Crippen MR) is 111 cm³/mol. The maximum Gasteiger partial charge on any atom is 0.283 e. The quantitative estimate of drug-likeness (QED) is 0.755. The molecule has 0 spiro atoms. The van der Waals surface area contributed by atoms with Crippen molar-refractivity contribution in [2.45, 2.75) is 6.54 Å². The van der Waals surface area contributed by atoms with Crippen LogP contribution in [0.2, 0.25) is 0 Å². The number of methoxy groups -OCH3 is 1. The van der Waals surface area contributed by atoms with Crippen LogP contribution in [0.25, 0.3) is 0 Å². The largest absolute Gasteiger partial charge is 0.497 e. The molecule has 29 heavy (non-hydrogen) atoms. The molecule has 0 bridgehead atoms. The summed E-state index contributed by atoms with van der Waals surface area (Å²) in [6, 6.07) is 17.2. The first kappa shape index (κ1) is 19.5. The molecular weight excluding hydrogens is 390 g/mol. The van der Waals surface area contributed by atoms with Gasteiger partial charge in [0.1, 0.15) is 23.0 Å². The van der Waals surface area contributed by atoms with Gasteiger partial charge >= 0.3 is 0 Å². The zero-order valence-corrected chi connectivity index (χ0v) is 17.0. The molecule has 0 radical (unpaired) electrons. The fourth-order valence-electron chi connectivity index (χ4n) is 3.84. The lowest BCUT2D eigenvalue weighted by Gasteiger charge is -2.33. The summed E-state index contributed by atoms with van der Waals surface area (Å²) in [7, 11) is 1.57. The summed E-state index contributed by atoms with van der Waals surface area (Å²) >= 11 is 6.32. The number of carbonyl (C=O) groups excluding carboxylic acids is 2. The fourth-order valence-corrected chi connectivity index (χ4v) is 4.12. The molecule has 2 aromatic carbocycles. The fraction of sp³-hybridized carbons (Fsp3) is 0.273. The van der Waals surface area contributed by atoms with Crippen molar-refractivity contribution < 1.29 is 19.2 Å². The van der Waals surface area contributed by atoms with Crippen molar-refractivity contribution in [3.63, 3.8) is 0 Å². The summed E-state index contributed by atoms with van der Waals surface area (Å²) in [4.78, 5) is 30.3. The number of amides is 2. The van der Waals surface area contributed by atoms with Crippen LogP contribution >= 0.6 is 11.6 Å². The smallest absolute Gasteiger partial charge is 0.283 e. The Morgan fingerprint density at radius 2 is 1.62 bits per heavy atom. The SMILES string of the molecule is COc1ccc(N2C(=O)C(Cl)=C(N3CC[NH+](Cc4ccccc4)CC3)C2=O)cc1. The number of quaternary nitrogens is 1. The van der Waals surface area contributed by atoms with Gasteiger partial charge in [-0.25, -0.2) is 4.90 Å². The van der Waals surface area contributed by atoms with Gasteiger partial charge in [0.15, 0.2) is 0 Å². The van der Waals surface area contributed by atoms with Crippen LogP contribution in [0.3, 0.4) is 0 Å². The molecule has 4 rings (SSSR count). The van der Waals surface area contributed by atoms with E-state index in [-0.39, 0.29) is 10.9 Å². The van der Waals surface area contributed by atoms with Gasteiger partial charge in [-0.1, -0.05) is 41.9 Å². The summed E-state index contributed by atoms with van der Waals surface area (Å²) in [6.07, 6.45) is 0. The number of benzene rings is 2. The van der Waals surface area contributed by atoms with Gasteiger partial charge in [-0.15, -0.1) is 0 Å². The minimum absolute atomic E-state index is 0.00247. The number of nitrogens with one attached hydrogen (secondary N) is 1. The van der Waals surface area contributed by atoms with Crippen molar-refractivity contribution in [3.8, 4) is 5.75 Å². The third-order valence-electron chi connectivity index (χ3n) is 5.42. The lowest BCUT2D eigenvalue weighted by molar-refractivity contribution is -0.917. The Hall–Kier alpha value is -2.83. The number of nitrogens with zero attached hydrogens (tertiary/aromatic N) is 2. The first-order chi connectivity index (χ1) is 14.1. The van der Waals surface area contributed by atoms with Crippen LogP contribution < -0.4 is 14.5 Å². The van der Waals surface area contributed by atoms with Crippen LogP contribution in [-0.2, 0) is 16.1 Å². The summed E-state index contributed by atoms with van der Waals surface area (Å²) in [5.74, 6) is -0.183. The molecule has 0 atom stereocenters. The molecule has 2 aromatic rings. The van der Waals surface area contributed by atoms with Gasteiger partial charge in [-0.3, -0.25) is 9.59 Å². The molecule has 0 aliphatic carbocycles. The van der Waals surface area contributed by atoms with Crippen molar-refractivity contribution >= 4 is 29.1 Å². The van der Waals surface area contributed by atoms with Crippen molar-refractivity contribution in [2.75, 3.05) is 38.2 Å². The molecule has 2 amide bonds. The minimum atomic E-state index is -0.476. The van der Waals surface area contributed by atoms with Crippen LogP contribution in [0.15, 0.2) is 65.3 Å². The van der Waals surface area contributed by atoms with Crippen LogP contribution in [-0.4, -0.2) is 50.0 Å². The molecule has 0 aromatic heterocycles. The Labute approximate surface area is 174 Å². The van der Waals surface area contributed by atoms with Gasteiger partial charge in [0.05, 0.1) is 39.0 Å². The van der Waals surface area contributed by atoms with E-state index in [0.29, 0.717) is 30.2 Å². The Morgan fingerprint density at radius 3 is 2.24 bits per heavy atom. The highest BCUT2D eigenvalue weighted by atomic mass is 35.5. The molecular formula is C22H23ClN3O3+. The first-order valence-corrected chi connectivity index (χ1v) is 10.0. The lowest BCUT2D eigenvalue weighted by atomic mass is 10.2. The summed E-state index contributed by atoms with van der Waals surface area (Å²) in [5, 5.41) is -0.00247. The zero-order chi connectivity index (χ0) is 20.4. The zero-order valence-electron chi connectivity index (χ0n) is 16.2. The number of imide groups is 1. The molecule has 0 saturated carbocycles. The first-order valence-electron chi connectivity index (χ1n) is 9.63. The average Bonchev–Trinajstić information content (AvgIpc) is 2.98. The van der Waals surface area contributed by atoms with Gasteiger partial charge in [0.2, 0.25) is 0 Å². The van der Waals surface area contributed by atoms with Crippen LogP contribution in [0.4, 0.5) is 5.69 Å². The molecule has 6 nitrogen and oxygen atoms in total. The van der Waals surface area contributed by atoms with Gasteiger partial charge in [0.25, 0.3) is 11.8 Å². The van der Waals surface area contributed by atoms with E-state index >= 15 is 0 Å². The number of carbonyl (C=O) groups is 2. The Balaban J connectivity index is 1.44. The number of ether oxygens (including phenoxy) is 1. The van der Waals surface area contributed by atoms with E-state index in [9.17, 15) is 9.59 Å². The van der Waals surface area contributed by atoms with Crippen molar-refractivity contribution in [2.24, 2.45) is 0 Å². The second-order valence-electron chi connectivity index (χ2n) is 7.21. The molecule has 2 aliphatic heterocycles. The normalized spacial score (nSPS) is 18.0. The van der Waals surface area contributed by atoms with Gasteiger partial charge in [0, 0.05) is 5.56 Å². The van der Waals surface area contributed by atoms with E-state index in [2.05, 4.69) is 12.1 Å². The van der Waals surface area contributed by atoms with E-state index in [1.807, 2.05) is 23.1 Å². The molecule has 1 N–H and O–H groups in total. The highest BCUT2D eigenvalue weighted by Crippen LogP contribution is 2.31. The number of rotatable bonds is 5. The topological polar surface area (TPSA) is 54.3 Å². The van der Waals surface area contributed by atoms with Gasteiger partial charge in [-0.05, 0) is 24.3 Å². The van der Waals surface area contributed by atoms with E-state index < -0.39 is 5.91 Å². The number of hydrogen-bond donors (Lipinski definition) is 1. The van der Waals surface area contributed by atoms with E-state index in [1.54, 1.807) is 31.4 Å². The number of piperazine rings is 1. The van der Waals surface area contributed by atoms with Crippen LogP contribution in [0.1, 0.15) is 5.56 Å². The average molecular weight is 413 g/mol. The number of halogens is 1. The Morgan fingerprint density at radius 1 is 0.966 bits per heavy atom. The molecule has 2 aliphatic rings. The van der Waals surface area contributed by atoms with Crippen LogP contribution in [0, 0.1) is 0 Å². The number of anilines is 1. The maximum atomic E-state index is 13.0. The standard InChI is InChI=1S/C22H22ClN3O3/c1-29-18-9-7-17(8-10-18)26-21(27)19(23)20(22(26)28)25-13-11-24(12-14-25)15-16-5-3-2-4-6-16/h2-10H,11-15H2,1H3/p+1. The highest BCUT2D eigenvalue weighted by molar-refractivity contribution is 6.52. The Bertz CT molecular complexity index is 936. The summed E-state index contributed by atoms with van der Waals surface area (Å²) in [5.41, 5.74) is 2.10. The molecule has 1 saturated heterocycles. The number of hydrogen-bond acceptors (Lipinski definition) is 4. The second-order valence-corrected chi connectivity index (χ2v) is 7.58. The van der Waals surface area contributed by atoms with Gasteiger partial charge in [-0.2, -0.15) is 0 Å². The molecule has 0 unspecified atom stereocenters. The van der Waals surface area contributed by atoms with Crippen molar-refractivity contribution in [3.05, 3.63) is 70.9 Å². The second kappa shape index (κ2) is 8.27. The van der Waals surface area contributed by atoms with Crippen molar-refractivity contribution in [1.82, 2.24) is 4.90 Å². The molecule has 150 valence electrons. The van der Waals surface area contributed by atoms with Crippen LogP contribution in [0.5, 0.6) is 5.75 Å². The minimum Gasteiger partial charge on any atom is -0.497 e. The van der Waals surface area contributed by atoms with Gasteiger partial charge < -0.3 is 14.5 Å². The summed E-state index contributed by atoms with van der Waals surface area (Å²) in [6.45, 7) is 4.08. The third kappa shape index (κ3) is 3.86. The van der Waals surface area contributed by atoms with E-state index in [0.717, 1.165) is 24.5 Å². The maximum absolute atomic E-state index is 13.0. The lowest BCUT2D eigenvalue weighted by Crippen LogP contribution is -3.13. The Kier molecular flexibility index (Phi) is 5.56. The molecule has 1 fully saturated rings. The third-order valence-corrected chi connectivity index (χ3v) is 5.76. The molecule has 2 heterocycles. The van der Waals surface area contributed by atoms with E-state index in [1.165, 1.54) is 10.5 Å². The molecule has 7 heteroatoms. The summed E-state index contributed by atoms with van der Waals surface area (Å²) < 4.78 is 5.14. The predicted octanol–water partition coefficient (Wildman–Crippen LogP) is 1.42.